The number of methoxy groups -OCH3 is 1. The fourth-order valence-electron chi connectivity index (χ4n) is 3.71. The molecular weight excluding hydrogens is 348 g/mol. The Hall–Kier alpha value is -2.73. The molecular formula is C21H22O6. The number of Topliss-reactive ketones (excluding diaryl/α,β-unsaturated/α-hetero) is 1. The van der Waals surface area contributed by atoms with Crippen LogP contribution in [0.3, 0.4) is 0 Å². The Bertz CT molecular complexity index is 919. The van der Waals surface area contributed by atoms with Crippen LogP contribution in [0.15, 0.2) is 30.3 Å². The molecule has 0 saturated heterocycles. The molecule has 4 rings (SSSR count). The lowest BCUT2D eigenvalue weighted by Gasteiger charge is -2.34. The quantitative estimate of drug-likeness (QED) is 0.861. The summed E-state index contributed by atoms with van der Waals surface area (Å²) in [4.78, 5) is 12.4. The van der Waals surface area contributed by atoms with Crippen molar-refractivity contribution in [1.82, 2.24) is 0 Å². The monoisotopic (exact) mass is 370 g/mol. The van der Waals surface area contributed by atoms with E-state index in [1.165, 1.54) is 12.1 Å². The Kier molecular flexibility index (Phi) is 4.03. The molecule has 2 atom stereocenters. The van der Waals surface area contributed by atoms with Crippen LogP contribution in [0, 0.1) is 5.92 Å². The van der Waals surface area contributed by atoms with Gasteiger partial charge in [0.1, 0.15) is 35.4 Å². The highest BCUT2D eigenvalue weighted by Crippen LogP contribution is 2.56. The zero-order valence-corrected chi connectivity index (χ0v) is 15.5. The predicted molar refractivity (Wildman–Crippen MR) is 97.4 cm³/mol. The molecule has 0 aliphatic carbocycles. The van der Waals surface area contributed by atoms with Crippen molar-refractivity contribution in [1.29, 1.82) is 0 Å². The first-order valence-corrected chi connectivity index (χ1v) is 8.93. The van der Waals surface area contributed by atoms with E-state index in [1.54, 1.807) is 25.3 Å². The van der Waals surface area contributed by atoms with Crippen molar-refractivity contribution in [3.63, 3.8) is 0 Å². The highest BCUT2D eigenvalue weighted by Gasteiger charge is 2.54. The van der Waals surface area contributed by atoms with Gasteiger partial charge in [-0.25, -0.2) is 0 Å². The van der Waals surface area contributed by atoms with Crippen LogP contribution in [-0.4, -0.2) is 29.7 Å². The summed E-state index contributed by atoms with van der Waals surface area (Å²) in [6.07, 6.45) is -0.521. The van der Waals surface area contributed by atoms with Gasteiger partial charge in [0.05, 0.1) is 7.11 Å². The second kappa shape index (κ2) is 6.16. The van der Waals surface area contributed by atoms with E-state index in [4.69, 9.17) is 14.2 Å². The average Bonchev–Trinajstić information content (AvgIpc) is 2.95. The molecule has 2 N–H and O–H groups in total. The summed E-state index contributed by atoms with van der Waals surface area (Å²) in [6.45, 7) is 3.69. The maximum absolute atomic E-state index is 12.4. The van der Waals surface area contributed by atoms with Crippen LogP contribution in [0.1, 0.15) is 36.6 Å². The van der Waals surface area contributed by atoms with Crippen LogP contribution >= 0.6 is 0 Å². The number of aromatic hydroxyl groups is 1. The number of phenolic OH excluding ortho intramolecular Hbond substituents is 1. The van der Waals surface area contributed by atoms with Crippen LogP contribution in [0.5, 0.6) is 23.0 Å². The van der Waals surface area contributed by atoms with Crippen LogP contribution in [0.2, 0.25) is 0 Å². The molecule has 0 amide bonds. The first-order valence-electron chi connectivity index (χ1n) is 8.93. The number of fused-ring (bicyclic) bond motifs is 5. The fourth-order valence-corrected chi connectivity index (χ4v) is 3.71. The highest BCUT2D eigenvalue weighted by molar-refractivity contribution is 5.84. The van der Waals surface area contributed by atoms with Gasteiger partial charge in [-0.3, -0.25) is 4.79 Å². The van der Waals surface area contributed by atoms with E-state index in [1.807, 2.05) is 13.8 Å². The van der Waals surface area contributed by atoms with Crippen molar-refractivity contribution >= 4 is 5.78 Å². The number of aliphatic hydroxyl groups is 1. The molecule has 0 radical (unpaired) electrons. The molecule has 2 aliphatic heterocycles. The van der Waals surface area contributed by atoms with Gasteiger partial charge in [0, 0.05) is 35.1 Å². The van der Waals surface area contributed by atoms with Crippen molar-refractivity contribution in [2.24, 2.45) is 5.92 Å². The molecule has 0 fully saturated rings. The summed E-state index contributed by atoms with van der Waals surface area (Å²) in [7, 11) is 1.54. The maximum atomic E-state index is 12.4. The molecule has 6 heteroatoms. The summed E-state index contributed by atoms with van der Waals surface area (Å²) in [6, 6.07) is 8.22. The zero-order chi connectivity index (χ0) is 19.3. The highest BCUT2D eigenvalue weighted by atomic mass is 16.5. The van der Waals surface area contributed by atoms with E-state index < -0.39 is 11.7 Å². The van der Waals surface area contributed by atoms with Crippen LogP contribution in [0.25, 0.3) is 0 Å². The van der Waals surface area contributed by atoms with Crippen molar-refractivity contribution in [2.75, 3.05) is 13.7 Å². The summed E-state index contributed by atoms with van der Waals surface area (Å²) < 4.78 is 17.3. The Morgan fingerprint density at radius 1 is 1.33 bits per heavy atom. The minimum atomic E-state index is -1.37. The standard InChI is InChI=1S/C21H22O6/c1-11(2)16(23)9-14-17(25-3)7-6-15-19(14)27-20-13-5-4-12(22)8-18(13)26-10-21(15,20)24/h4-8,11,20,22,24H,9-10H2,1-3H3/t20-,21+/m0/s1. The number of carbonyl (C=O) groups is 1. The van der Waals surface area contributed by atoms with Crippen molar-refractivity contribution in [2.45, 2.75) is 32.0 Å². The number of ketones is 1. The van der Waals surface area contributed by atoms with Gasteiger partial charge in [-0.05, 0) is 24.3 Å². The normalized spacial score (nSPS) is 22.3. The van der Waals surface area contributed by atoms with Gasteiger partial charge in [-0.2, -0.15) is 0 Å². The first-order chi connectivity index (χ1) is 12.8. The number of ether oxygens (including phenoxy) is 3. The number of hydrogen-bond donors (Lipinski definition) is 2. The van der Waals surface area contributed by atoms with Crippen molar-refractivity contribution in [3.05, 3.63) is 47.0 Å². The Morgan fingerprint density at radius 3 is 2.81 bits per heavy atom. The summed E-state index contributed by atoms with van der Waals surface area (Å²) in [5.41, 5.74) is 0.495. The third kappa shape index (κ3) is 2.63. The second-order valence-electron chi connectivity index (χ2n) is 7.35. The van der Waals surface area contributed by atoms with E-state index in [2.05, 4.69) is 0 Å². The Labute approximate surface area is 157 Å². The zero-order valence-electron chi connectivity index (χ0n) is 15.5. The molecule has 2 aliphatic rings. The molecule has 0 bridgehead atoms. The molecule has 2 aromatic carbocycles. The number of rotatable bonds is 4. The number of benzene rings is 2. The molecule has 6 nitrogen and oxygen atoms in total. The van der Waals surface area contributed by atoms with Gasteiger partial charge in [0.25, 0.3) is 0 Å². The molecule has 0 spiro atoms. The van der Waals surface area contributed by atoms with Crippen LogP contribution in [0.4, 0.5) is 0 Å². The minimum Gasteiger partial charge on any atom is -0.508 e. The number of phenols is 1. The Morgan fingerprint density at radius 2 is 2.11 bits per heavy atom. The van der Waals surface area contributed by atoms with Crippen molar-refractivity contribution < 1.29 is 29.2 Å². The molecule has 0 unspecified atom stereocenters. The van der Waals surface area contributed by atoms with Gasteiger partial charge in [0.15, 0.2) is 11.7 Å². The van der Waals surface area contributed by atoms with Gasteiger partial charge in [0.2, 0.25) is 0 Å². The topological polar surface area (TPSA) is 85.2 Å². The van der Waals surface area contributed by atoms with Crippen molar-refractivity contribution in [3.8, 4) is 23.0 Å². The van der Waals surface area contributed by atoms with Crippen LogP contribution < -0.4 is 14.2 Å². The number of carbonyl (C=O) groups excluding carboxylic acids is 1. The summed E-state index contributed by atoms with van der Waals surface area (Å²) in [5, 5.41) is 21.1. The van der Waals surface area contributed by atoms with Crippen LogP contribution in [-0.2, 0) is 16.8 Å². The predicted octanol–water partition coefficient (Wildman–Crippen LogP) is 2.88. The molecule has 0 saturated carbocycles. The smallest absolute Gasteiger partial charge is 0.168 e. The average molecular weight is 370 g/mol. The van der Waals surface area contributed by atoms with Gasteiger partial charge >= 0.3 is 0 Å². The lowest BCUT2D eigenvalue weighted by Crippen LogP contribution is -2.41. The van der Waals surface area contributed by atoms with E-state index in [9.17, 15) is 15.0 Å². The fraction of sp³-hybridized carbons (Fsp3) is 0.381. The molecule has 2 heterocycles. The molecule has 142 valence electrons. The molecule has 2 aromatic rings. The summed E-state index contributed by atoms with van der Waals surface area (Å²) in [5.74, 6) is 1.53. The van der Waals surface area contributed by atoms with Gasteiger partial charge in [-0.15, -0.1) is 0 Å². The maximum Gasteiger partial charge on any atom is 0.168 e. The largest absolute Gasteiger partial charge is 0.508 e. The van der Waals surface area contributed by atoms with E-state index in [0.29, 0.717) is 33.9 Å². The van der Waals surface area contributed by atoms with E-state index in [0.717, 1.165) is 0 Å². The van der Waals surface area contributed by atoms with Gasteiger partial charge < -0.3 is 24.4 Å². The van der Waals surface area contributed by atoms with E-state index >= 15 is 0 Å². The first kappa shape index (κ1) is 17.7. The number of hydrogen-bond acceptors (Lipinski definition) is 6. The molecule has 0 aromatic heterocycles. The third-order valence-corrected chi connectivity index (χ3v) is 5.30. The van der Waals surface area contributed by atoms with Gasteiger partial charge in [-0.1, -0.05) is 13.8 Å². The lowest BCUT2D eigenvalue weighted by atomic mass is 9.84. The summed E-state index contributed by atoms with van der Waals surface area (Å²) >= 11 is 0. The minimum absolute atomic E-state index is 0.00891. The second-order valence-corrected chi connectivity index (χ2v) is 7.35. The SMILES string of the molecule is COc1ccc2c(c1CC(=O)C(C)C)O[C@H]1c3ccc(O)cc3OC[C@@]21O. The lowest BCUT2D eigenvalue weighted by molar-refractivity contribution is -0.121. The molecule has 27 heavy (non-hydrogen) atoms. The Balaban J connectivity index is 1.83. The van der Waals surface area contributed by atoms with E-state index in [-0.39, 0.29) is 30.5 Å². The third-order valence-electron chi connectivity index (χ3n) is 5.30.